The molecule has 3 aromatic rings. The molecule has 0 spiro atoms. The van der Waals surface area contributed by atoms with Gasteiger partial charge in [0, 0.05) is 50.6 Å². The van der Waals surface area contributed by atoms with Crippen molar-refractivity contribution in [2.24, 2.45) is 5.92 Å². The van der Waals surface area contributed by atoms with Crippen molar-refractivity contribution in [2.75, 3.05) is 18.4 Å². The zero-order valence-corrected chi connectivity index (χ0v) is 19.7. The van der Waals surface area contributed by atoms with Crippen LogP contribution in [0, 0.1) is 24.2 Å². The Morgan fingerprint density at radius 1 is 1.28 bits per heavy atom. The second kappa shape index (κ2) is 8.48. The van der Waals surface area contributed by atoms with Gasteiger partial charge in [0.1, 0.15) is 11.6 Å². The molecule has 2 fully saturated rings. The van der Waals surface area contributed by atoms with E-state index in [1.165, 1.54) is 11.8 Å². The van der Waals surface area contributed by atoms with Gasteiger partial charge < -0.3 is 14.8 Å². The number of aromatic nitrogens is 4. The van der Waals surface area contributed by atoms with Gasteiger partial charge in [-0.2, -0.15) is 5.26 Å². The molecule has 0 bridgehead atoms. The number of amides is 1. The number of pyridine rings is 1. The fourth-order valence-electron chi connectivity index (χ4n) is 4.60. The Labute approximate surface area is 205 Å². The minimum atomic E-state index is -2.91. The molecule has 1 N–H and O–H groups in total. The van der Waals surface area contributed by atoms with Crippen LogP contribution in [0.4, 0.5) is 20.4 Å². The predicted molar refractivity (Wildman–Crippen MR) is 126 cm³/mol. The van der Waals surface area contributed by atoms with Crippen LogP contribution in [0.3, 0.4) is 0 Å². The quantitative estimate of drug-likeness (QED) is 0.501. The van der Waals surface area contributed by atoms with Gasteiger partial charge in [0.25, 0.3) is 5.92 Å². The van der Waals surface area contributed by atoms with Gasteiger partial charge >= 0.3 is 0 Å². The number of rotatable bonds is 7. The number of carbonyl (C=O) groups excluding carboxylic acids is 2. The molecule has 2 aliphatic rings. The van der Waals surface area contributed by atoms with Crippen molar-refractivity contribution in [3.63, 3.8) is 0 Å². The van der Waals surface area contributed by atoms with Crippen LogP contribution in [0.1, 0.15) is 35.8 Å². The maximum Gasteiger partial charge on any atom is 0.260 e. The van der Waals surface area contributed by atoms with Crippen LogP contribution in [0.15, 0.2) is 43.0 Å². The number of nitrogens with one attached hydrogen (secondary N) is 1. The Hall–Kier alpha value is -4.20. The van der Waals surface area contributed by atoms with E-state index in [1.807, 2.05) is 23.0 Å². The highest BCUT2D eigenvalue weighted by atomic mass is 19.3. The number of alkyl halides is 2. The molecular weight excluding hydrogens is 468 g/mol. The summed E-state index contributed by atoms with van der Waals surface area (Å²) in [5, 5.41) is 12.5. The SMILES string of the molecule is CC(=O)c1ncc(Nc2nccc(-c3ccn(C4(CC#N)CN(C(=O)C5CC5(F)F)C4)c3)n2)cc1C. The van der Waals surface area contributed by atoms with Crippen LogP contribution in [0.5, 0.6) is 0 Å². The normalized spacial score (nSPS) is 19.2. The van der Waals surface area contributed by atoms with Crippen LogP contribution in [0.25, 0.3) is 11.3 Å². The van der Waals surface area contributed by atoms with Gasteiger partial charge in [-0.15, -0.1) is 0 Å². The highest BCUT2D eigenvalue weighted by Gasteiger charge is 2.64. The standard InChI is InChI=1S/C25H23F2N7O2/c1-15-9-18(11-30-21(15)16(2)35)31-23-29-7-3-20(32-23)17-4-8-34(12-17)24(5-6-28)13-33(14-24)22(36)19-10-25(19,26)27/h3-4,7-9,11-12,19H,5,10,13-14H2,1-2H3,(H,29,31,32). The fraction of sp³-hybridized carbons (Fsp3) is 0.360. The van der Waals surface area contributed by atoms with Crippen LogP contribution < -0.4 is 5.32 Å². The molecule has 1 aliphatic heterocycles. The van der Waals surface area contributed by atoms with Crippen LogP contribution in [-0.4, -0.2) is 55.1 Å². The Kier molecular flexibility index (Phi) is 5.54. The third-order valence-corrected chi connectivity index (χ3v) is 6.67. The molecule has 4 heterocycles. The summed E-state index contributed by atoms with van der Waals surface area (Å²) in [6, 6.07) is 7.55. The number of hydrogen-bond donors (Lipinski definition) is 1. The molecule has 9 nitrogen and oxygen atoms in total. The van der Waals surface area contributed by atoms with Gasteiger partial charge in [-0.25, -0.2) is 18.7 Å². The first kappa shape index (κ1) is 23.5. The number of likely N-dealkylation sites (tertiary alicyclic amines) is 1. The lowest BCUT2D eigenvalue weighted by Crippen LogP contribution is -2.64. The number of hydrogen-bond acceptors (Lipinski definition) is 7. The van der Waals surface area contributed by atoms with E-state index in [1.54, 1.807) is 31.5 Å². The largest absolute Gasteiger partial charge is 0.343 e. The average Bonchev–Trinajstić information content (AvgIpc) is 3.20. The van der Waals surface area contributed by atoms with Crippen molar-refractivity contribution in [1.82, 2.24) is 24.4 Å². The van der Waals surface area contributed by atoms with Gasteiger partial charge in [-0.05, 0) is 30.7 Å². The van der Waals surface area contributed by atoms with Gasteiger partial charge in [-0.1, -0.05) is 0 Å². The van der Waals surface area contributed by atoms with E-state index in [9.17, 15) is 23.6 Å². The summed E-state index contributed by atoms with van der Waals surface area (Å²) in [6.07, 6.45) is 6.54. The topological polar surface area (TPSA) is 117 Å². The van der Waals surface area contributed by atoms with Gasteiger partial charge in [-0.3, -0.25) is 14.6 Å². The average molecular weight is 492 g/mol. The molecule has 1 unspecified atom stereocenters. The van der Waals surface area contributed by atoms with E-state index >= 15 is 0 Å². The van der Waals surface area contributed by atoms with Crippen LogP contribution >= 0.6 is 0 Å². The number of nitriles is 1. The zero-order valence-electron chi connectivity index (χ0n) is 19.7. The maximum absolute atomic E-state index is 13.3. The Balaban J connectivity index is 1.32. The highest BCUT2D eigenvalue weighted by molar-refractivity contribution is 5.93. The van der Waals surface area contributed by atoms with Crippen LogP contribution in [-0.2, 0) is 10.3 Å². The molecule has 1 aliphatic carbocycles. The molecule has 0 aromatic carbocycles. The fourth-order valence-corrected chi connectivity index (χ4v) is 4.60. The van der Waals surface area contributed by atoms with Crippen molar-refractivity contribution in [3.05, 3.63) is 54.2 Å². The van der Waals surface area contributed by atoms with E-state index in [0.29, 0.717) is 23.0 Å². The van der Waals surface area contributed by atoms with Crippen molar-refractivity contribution in [1.29, 1.82) is 5.26 Å². The predicted octanol–water partition coefficient (Wildman–Crippen LogP) is 3.70. The van der Waals surface area contributed by atoms with Crippen molar-refractivity contribution < 1.29 is 18.4 Å². The number of carbonyl (C=O) groups is 2. The molecule has 0 radical (unpaired) electrons. The summed E-state index contributed by atoms with van der Waals surface area (Å²) in [6.45, 7) is 3.68. The third kappa shape index (κ3) is 4.19. The van der Waals surface area contributed by atoms with Gasteiger partial charge in [0.05, 0.1) is 35.6 Å². The smallest absolute Gasteiger partial charge is 0.260 e. The molecule has 1 saturated carbocycles. The van der Waals surface area contributed by atoms with E-state index in [0.717, 1.165) is 11.1 Å². The summed E-state index contributed by atoms with van der Waals surface area (Å²) in [7, 11) is 0. The van der Waals surface area contributed by atoms with Gasteiger partial charge in [0.2, 0.25) is 11.9 Å². The monoisotopic (exact) mass is 491 g/mol. The summed E-state index contributed by atoms with van der Waals surface area (Å²) in [5.41, 5.74) is 2.53. The van der Waals surface area contributed by atoms with Crippen molar-refractivity contribution in [3.8, 4) is 17.3 Å². The minimum absolute atomic E-state index is 0.111. The minimum Gasteiger partial charge on any atom is -0.343 e. The van der Waals surface area contributed by atoms with Crippen LogP contribution in [0.2, 0.25) is 0 Å². The number of ketones is 1. The zero-order chi connectivity index (χ0) is 25.7. The highest BCUT2D eigenvalue weighted by Crippen LogP contribution is 2.51. The molecule has 1 atom stereocenters. The Morgan fingerprint density at radius 2 is 2.03 bits per heavy atom. The number of aryl methyl sites for hydroxylation is 1. The first-order chi connectivity index (χ1) is 17.1. The molecular formula is C25H23F2N7O2. The summed E-state index contributed by atoms with van der Waals surface area (Å²) in [4.78, 5) is 38.3. The molecule has 36 heavy (non-hydrogen) atoms. The summed E-state index contributed by atoms with van der Waals surface area (Å²) >= 11 is 0. The first-order valence-electron chi connectivity index (χ1n) is 11.4. The van der Waals surface area contributed by atoms with E-state index in [-0.39, 0.29) is 25.3 Å². The molecule has 3 aromatic heterocycles. The lowest BCUT2D eigenvalue weighted by molar-refractivity contribution is -0.145. The summed E-state index contributed by atoms with van der Waals surface area (Å²) in [5.74, 6) is -4.46. The second-order valence-electron chi connectivity index (χ2n) is 9.41. The lowest BCUT2D eigenvalue weighted by atomic mass is 9.86. The lowest BCUT2D eigenvalue weighted by Gasteiger charge is -2.50. The molecule has 1 amide bonds. The Bertz CT molecular complexity index is 1410. The van der Waals surface area contributed by atoms with Crippen molar-refractivity contribution >= 4 is 23.3 Å². The molecule has 1 saturated heterocycles. The van der Waals surface area contributed by atoms with E-state index in [4.69, 9.17) is 0 Å². The molecule has 5 rings (SSSR count). The first-order valence-corrected chi connectivity index (χ1v) is 11.4. The number of nitrogens with zero attached hydrogens (tertiary/aromatic N) is 6. The number of halogens is 2. The third-order valence-electron chi connectivity index (χ3n) is 6.67. The molecule has 11 heteroatoms. The van der Waals surface area contributed by atoms with Gasteiger partial charge in [0.15, 0.2) is 5.78 Å². The maximum atomic E-state index is 13.3. The summed E-state index contributed by atoms with van der Waals surface area (Å²) < 4.78 is 28.5. The van der Waals surface area contributed by atoms with E-state index < -0.39 is 29.7 Å². The Morgan fingerprint density at radius 3 is 2.67 bits per heavy atom. The number of anilines is 2. The molecule has 184 valence electrons. The van der Waals surface area contributed by atoms with E-state index in [2.05, 4.69) is 26.3 Å². The van der Waals surface area contributed by atoms with Crippen molar-refractivity contribution in [2.45, 2.75) is 38.2 Å². The second-order valence-corrected chi connectivity index (χ2v) is 9.41. The number of Topliss-reactive ketones (excluding diaryl/α,β-unsaturated/α-hetero) is 1.